The van der Waals surface area contributed by atoms with Gasteiger partial charge in [0.2, 0.25) is 0 Å². The van der Waals surface area contributed by atoms with Gasteiger partial charge in [-0.2, -0.15) is 0 Å². The third-order valence-corrected chi connectivity index (χ3v) is 6.28. The number of esters is 2. The molecule has 0 amide bonds. The second-order valence-corrected chi connectivity index (χ2v) is 10.4. The zero-order valence-electron chi connectivity index (χ0n) is 22.8. The van der Waals surface area contributed by atoms with E-state index in [1.165, 1.54) is 5.57 Å². The average molecular weight is 501 g/mol. The van der Waals surface area contributed by atoms with E-state index in [4.69, 9.17) is 9.47 Å². The largest absolute Gasteiger partial charge is 0.425 e. The zero-order valence-corrected chi connectivity index (χ0v) is 22.8. The summed E-state index contributed by atoms with van der Waals surface area (Å²) in [6.45, 7) is 10.9. The van der Waals surface area contributed by atoms with Crippen molar-refractivity contribution < 1.29 is 19.1 Å². The summed E-state index contributed by atoms with van der Waals surface area (Å²) in [7, 11) is 7.34. The lowest BCUT2D eigenvalue weighted by atomic mass is 9.73. The van der Waals surface area contributed by atoms with Gasteiger partial charge in [-0.05, 0) is 91.3 Å². The van der Waals surface area contributed by atoms with Crippen molar-refractivity contribution in [2.75, 3.05) is 41.3 Å². The second-order valence-electron chi connectivity index (χ2n) is 10.4. The molecule has 0 aromatic heterocycles. The highest BCUT2D eigenvalue weighted by atomic mass is 16.5. The van der Waals surface area contributed by atoms with E-state index in [9.17, 15) is 9.59 Å². The van der Waals surface area contributed by atoms with Crippen molar-refractivity contribution in [2.45, 2.75) is 72.6 Å². The summed E-state index contributed by atoms with van der Waals surface area (Å²) < 4.78 is 12.0. The van der Waals surface area contributed by atoms with Crippen LogP contribution in [0.25, 0.3) is 0 Å². The summed E-state index contributed by atoms with van der Waals surface area (Å²) in [5, 5.41) is 0. The molecule has 0 aliphatic heterocycles. The molecule has 0 N–H and O–H groups in total. The second kappa shape index (κ2) is 15.0. The maximum Gasteiger partial charge on any atom is 0.325 e. The van der Waals surface area contributed by atoms with Gasteiger partial charge in [-0.1, -0.05) is 51.0 Å². The Labute approximate surface area is 219 Å². The predicted octanol–water partition coefficient (Wildman–Crippen LogP) is 6.01. The molecule has 1 aromatic rings. The minimum absolute atomic E-state index is 0. The molecule has 1 aliphatic rings. The van der Waals surface area contributed by atoms with Crippen LogP contribution in [0.1, 0.15) is 77.3 Å². The number of carbonyl (C=O) groups is 2. The molecule has 0 spiro atoms. The SMILES string of the molecule is C.C=C(C)C1CCC(C)=CC1c1c(OC(=O)CN(C)C)cc(CCCCC)cc1OC(=O)CN(C)C. The van der Waals surface area contributed by atoms with Crippen molar-refractivity contribution in [3.05, 3.63) is 47.1 Å². The molecule has 2 rings (SSSR count). The van der Waals surface area contributed by atoms with Crippen LogP contribution in [-0.4, -0.2) is 63.0 Å². The quantitative estimate of drug-likeness (QED) is 0.152. The van der Waals surface area contributed by atoms with Crippen molar-refractivity contribution in [3.8, 4) is 11.5 Å². The average Bonchev–Trinajstić information content (AvgIpc) is 2.72. The molecule has 2 unspecified atom stereocenters. The lowest BCUT2D eigenvalue weighted by Gasteiger charge is -2.32. The molecule has 2 atom stereocenters. The van der Waals surface area contributed by atoms with Crippen LogP contribution in [0.3, 0.4) is 0 Å². The number of allylic oxidation sites excluding steroid dienone is 3. The van der Waals surface area contributed by atoms with Crippen LogP contribution >= 0.6 is 0 Å². The van der Waals surface area contributed by atoms with Gasteiger partial charge in [0.15, 0.2) is 0 Å². The number of unbranched alkanes of at least 4 members (excludes halogenated alkanes) is 2. The molecule has 0 bridgehead atoms. The summed E-state index contributed by atoms with van der Waals surface area (Å²) in [6.07, 6.45) is 8.24. The number of likely N-dealkylation sites (N-methyl/N-ethyl adjacent to an activating group) is 2. The van der Waals surface area contributed by atoms with Gasteiger partial charge in [-0.15, -0.1) is 0 Å². The van der Waals surface area contributed by atoms with E-state index < -0.39 is 0 Å². The Morgan fingerprint density at radius 1 is 1.00 bits per heavy atom. The van der Waals surface area contributed by atoms with Gasteiger partial charge >= 0.3 is 11.9 Å². The maximum atomic E-state index is 12.8. The van der Waals surface area contributed by atoms with Crippen LogP contribution in [0.15, 0.2) is 35.9 Å². The van der Waals surface area contributed by atoms with Crippen molar-refractivity contribution in [1.29, 1.82) is 0 Å². The van der Waals surface area contributed by atoms with E-state index in [0.29, 0.717) is 11.5 Å². The van der Waals surface area contributed by atoms with Crippen molar-refractivity contribution in [1.82, 2.24) is 9.80 Å². The van der Waals surface area contributed by atoms with E-state index in [1.807, 2.05) is 47.2 Å². The van der Waals surface area contributed by atoms with Crippen LogP contribution in [-0.2, 0) is 16.0 Å². The Balaban J connectivity index is 0.00000648. The summed E-state index contributed by atoms with van der Waals surface area (Å²) in [5.74, 6) is 0.380. The monoisotopic (exact) mass is 500 g/mol. The van der Waals surface area contributed by atoms with Crippen LogP contribution in [0.5, 0.6) is 11.5 Å². The Kier molecular flexibility index (Phi) is 13.1. The number of rotatable bonds is 12. The number of nitrogens with zero attached hydrogens (tertiary/aromatic N) is 2. The number of benzene rings is 1. The Morgan fingerprint density at radius 3 is 1.97 bits per heavy atom. The topological polar surface area (TPSA) is 59.1 Å². The van der Waals surface area contributed by atoms with Crippen LogP contribution < -0.4 is 9.47 Å². The third kappa shape index (κ3) is 9.55. The van der Waals surface area contributed by atoms with E-state index in [0.717, 1.165) is 55.2 Å². The smallest absolute Gasteiger partial charge is 0.325 e. The highest BCUT2D eigenvalue weighted by molar-refractivity contribution is 5.78. The standard InChI is InChI=1S/C29H44N2O4.CH4/c1-9-10-11-12-22-16-25(34-27(32)18-30(5)6)29(26(17-22)35-28(33)19-31(7)8)24-15-21(4)13-14-23(24)20(2)3;/h15-17,23-24H,2,9-14,18-19H2,1,3-8H3;1H4. The van der Waals surface area contributed by atoms with Gasteiger partial charge in [-0.25, -0.2) is 0 Å². The van der Waals surface area contributed by atoms with Gasteiger partial charge in [0.25, 0.3) is 0 Å². The lowest BCUT2D eigenvalue weighted by Crippen LogP contribution is -2.28. The molecule has 0 radical (unpaired) electrons. The zero-order chi connectivity index (χ0) is 26.1. The number of aryl methyl sites for hydroxylation is 1. The molecular formula is C30H48N2O4. The van der Waals surface area contributed by atoms with E-state index in [-0.39, 0.29) is 44.3 Å². The van der Waals surface area contributed by atoms with Crippen molar-refractivity contribution >= 4 is 11.9 Å². The van der Waals surface area contributed by atoms with E-state index in [1.54, 1.807) is 9.80 Å². The lowest BCUT2D eigenvalue weighted by molar-refractivity contribution is -0.135. The normalized spacial score (nSPS) is 17.4. The Morgan fingerprint density at radius 2 is 1.53 bits per heavy atom. The first-order valence-corrected chi connectivity index (χ1v) is 12.7. The van der Waals surface area contributed by atoms with E-state index in [2.05, 4.69) is 26.5 Å². The number of hydrogen-bond donors (Lipinski definition) is 0. The van der Waals surface area contributed by atoms with Crippen LogP contribution in [0.4, 0.5) is 0 Å². The first-order valence-electron chi connectivity index (χ1n) is 12.7. The minimum Gasteiger partial charge on any atom is -0.425 e. The molecule has 0 saturated carbocycles. The Bertz CT molecular complexity index is 888. The van der Waals surface area contributed by atoms with Crippen molar-refractivity contribution in [3.63, 3.8) is 0 Å². The fourth-order valence-electron chi connectivity index (χ4n) is 4.61. The first kappa shape index (κ1) is 31.6. The molecule has 36 heavy (non-hydrogen) atoms. The van der Waals surface area contributed by atoms with Gasteiger partial charge in [0.05, 0.1) is 13.1 Å². The molecule has 0 fully saturated rings. The number of hydrogen-bond acceptors (Lipinski definition) is 6. The molecule has 0 saturated heterocycles. The minimum atomic E-state index is -0.337. The summed E-state index contributed by atoms with van der Waals surface area (Å²) in [5.41, 5.74) is 4.11. The van der Waals surface area contributed by atoms with Gasteiger partial charge in [0, 0.05) is 11.5 Å². The first-order chi connectivity index (χ1) is 16.5. The van der Waals surface area contributed by atoms with E-state index >= 15 is 0 Å². The highest BCUT2D eigenvalue weighted by Gasteiger charge is 2.32. The molecule has 0 heterocycles. The molecule has 202 valence electrons. The molecular weight excluding hydrogens is 452 g/mol. The van der Waals surface area contributed by atoms with Crippen LogP contribution in [0, 0.1) is 5.92 Å². The molecule has 6 heteroatoms. The molecule has 1 aliphatic carbocycles. The number of carbonyl (C=O) groups excluding carboxylic acids is 2. The summed E-state index contributed by atoms with van der Waals surface area (Å²) in [6, 6.07) is 3.93. The van der Waals surface area contributed by atoms with Gasteiger partial charge in [-0.3, -0.25) is 19.4 Å². The molecule has 6 nitrogen and oxygen atoms in total. The predicted molar refractivity (Wildman–Crippen MR) is 149 cm³/mol. The van der Waals surface area contributed by atoms with Crippen LogP contribution in [0.2, 0.25) is 0 Å². The fraction of sp³-hybridized carbons (Fsp3) is 0.600. The fourth-order valence-corrected chi connectivity index (χ4v) is 4.61. The van der Waals surface area contributed by atoms with Gasteiger partial charge in [0.1, 0.15) is 11.5 Å². The van der Waals surface area contributed by atoms with Crippen molar-refractivity contribution in [2.24, 2.45) is 5.92 Å². The van der Waals surface area contributed by atoms with Gasteiger partial charge < -0.3 is 9.47 Å². The Hall–Kier alpha value is -2.44. The summed E-state index contributed by atoms with van der Waals surface area (Å²) in [4.78, 5) is 29.1. The number of ether oxygens (including phenoxy) is 2. The highest BCUT2D eigenvalue weighted by Crippen LogP contribution is 2.47. The maximum absolute atomic E-state index is 12.8. The third-order valence-electron chi connectivity index (χ3n) is 6.28. The molecule has 1 aromatic carbocycles. The summed E-state index contributed by atoms with van der Waals surface area (Å²) >= 11 is 0.